The van der Waals surface area contributed by atoms with Crippen LogP contribution >= 0.6 is 0 Å². The fourth-order valence-corrected chi connectivity index (χ4v) is 2.65. The molecule has 1 aliphatic rings. The largest absolute Gasteiger partial charge is 0.478 e. The average molecular weight is 278 g/mol. The quantitative estimate of drug-likeness (QED) is 0.880. The smallest absolute Gasteiger partial charge is 0.339 e. The second-order valence-electron chi connectivity index (χ2n) is 5.68. The van der Waals surface area contributed by atoms with E-state index >= 15 is 0 Å². The van der Waals surface area contributed by atoms with Crippen LogP contribution in [0.4, 0.5) is 5.82 Å². The molecule has 1 aromatic heterocycles. The Labute approximate surface area is 119 Å². The first-order valence-electron chi connectivity index (χ1n) is 6.87. The molecule has 2 atom stereocenters. The highest BCUT2D eigenvalue weighted by molar-refractivity contribution is 5.95. The molecule has 0 aliphatic carbocycles. The van der Waals surface area contributed by atoms with Gasteiger partial charge in [-0.15, -0.1) is 5.10 Å². The maximum absolute atomic E-state index is 11.6. The summed E-state index contributed by atoms with van der Waals surface area (Å²) in [5.41, 5.74) is 1.64. The first-order valence-corrected chi connectivity index (χ1v) is 6.87. The van der Waals surface area contributed by atoms with Gasteiger partial charge in [0.05, 0.1) is 5.69 Å². The standard InChI is InChI=1S/C14H22N4O2/c1-8-6-18(7-9(2)17(8)5)13-12(14(19)20)10(3)11(4)15-16-13/h8-9H,6-7H2,1-5H3,(H,19,20). The Balaban J connectivity index is 2.43. The van der Waals surface area contributed by atoms with Gasteiger partial charge < -0.3 is 10.0 Å². The Kier molecular flexibility index (Phi) is 3.94. The van der Waals surface area contributed by atoms with Crippen LogP contribution in [0.1, 0.15) is 35.5 Å². The van der Waals surface area contributed by atoms with E-state index in [2.05, 4.69) is 36.0 Å². The summed E-state index contributed by atoms with van der Waals surface area (Å²) >= 11 is 0. The third-order valence-electron chi connectivity index (χ3n) is 4.31. The van der Waals surface area contributed by atoms with Gasteiger partial charge in [0.1, 0.15) is 5.56 Å². The SMILES string of the molecule is Cc1nnc(N2CC(C)N(C)C(C)C2)c(C(=O)O)c1C. The van der Waals surface area contributed by atoms with Gasteiger partial charge in [-0.2, -0.15) is 5.10 Å². The lowest BCUT2D eigenvalue weighted by Gasteiger charge is -2.43. The number of carbonyl (C=O) groups is 1. The second-order valence-corrected chi connectivity index (χ2v) is 5.68. The van der Waals surface area contributed by atoms with Crippen LogP contribution in [-0.2, 0) is 0 Å². The number of piperazine rings is 1. The molecule has 2 unspecified atom stereocenters. The fourth-order valence-electron chi connectivity index (χ4n) is 2.65. The van der Waals surface area contributed by atoms with Gasteiger partial charge in [0.25, 0.3) is 0 Å². The van der Waals surface area contributed by atoms with Crippen molar-refractivity contribution in [2.24, 2.45) is 0 Å². The summed E-state index contributed by atoms with van der Waals surface area (Å²) in [5.74, 6) is -0.442. The van der Waals surface area contributed by atoms with E-state index in [1.165, 1.54) is 0 Å². The molecule has 0 spiro atoms. The zero-order valence-corrected chi connectivity index (χ0v) is 12.7. The summed E-state index contributed by atoms with van der Waals surface area (Å²) in [6.07, 6.45) is 0. The lowest BCUT2D eigenvalue weighted by atomic mass is 10.1. The fraction of sp³-hybridized carbons (Fsp3) is 0.643. The Hall–Kier alpha value is -1.69. The van der Waals surface area contributed by atoms with E-state index in [4.69, 9.17) is 0 Å². The number of anilines is 1. The molecular formula is C14H22N4O2. The predicted molar refractivity (Wildman–Crippen MR) is 77.4 cm³/mol. The lowest BCUT2D eigenvalue weighted by Crippen LogP contribution is -2.55. The number of carboxylic acid groups (broad SMARTS) is 1. The molecule has 1 aromatic rings. The minimum absolute atomic E-state index is 0.279. The molecular weight excluding hydrogens is 256 g/mol. The summed E-state index contributed by atoms with van der Waals surface area (Å²) < 4.78 is 0. The molecule has 6 nitrogen and oxygen atoms in total. The molecule has 2 rings (SSSR count). The molecule has 0 bridgehead atoms. The van der Waals surface area contributed by atoms with E-state index in [0.717, 1.165) is 13.1 Å². The monoisotopic (exact) mass is 278 g/mol. The molecule has 1 N–H and O–H groups in total. The van der Waals surface area contributed by atoms with Crippen molar-refractivity contribution in [2.75, 3.05) is 25.0 Å². The van der Waals surface area contributed by atoms with Crippen LogP contribution in [-0.4, -0.2) is 58.4 Å². The normalized spacial score (nSPS) is 23.9. The third-order valence-corrected chi connectivity index (χ3v) is 4.31. The van der Waals surface area contributed by atoms with Gasteiger partial charge in [-0.3, -0.25) is 4.90 Å². The van der Waals surface area contributed by atoms with E-state index in [1.54, 1.807) is 13.8 Å². The number of rotatable bonds is 2. The van der Waals surface area contributed by atoms with E-state index < -0.39 is 5.97 Å². The zero-order chi connectivity index (χ0) is 15.0. The molecule has 110 valence electrons. The first-order chi connectivity index (χ1) is 9.32. The van der Waals surface area contributed by atoms with Crippen molar-refractivity contribution in [3.63, 3.8) is 0 Å². The zero-order valence-electron chi connectivity index (χ0n) is 12.7. The summed E-state index contributed by atoms with van der Waals surface area (Å²) in [6, 6.07) is 0.701. The number of aryl methyl sites for hydroxylation is 1. The average Bonchev–Trinajstić information content (AvgIpc) is 2.37. The van der Waals surface area contributed by atoms with Crippen molar-refractivity contribution in [3.05, 3.63) is 16.8 Å². The second kappa shape index (κ2) is 5.36. The summed E-state index contributed by atoms with van der Waals surface area (Å²) in [6.45, 7) is 9.37. The van der Waals surface area contributed by atoms with Crippen LogP contribution < -0.4 is 4.90 Å². The summed E-state index contributed by atoms with van der Waals surface area (Å²) in [7, 11) is 2.09. The maximum Gasteiger partial charge on any atom is 0.339 e. The highest BCUT2D eigenvalue weighted by Gasteiger charge is 2.30. The molecule has 0 amide bonds. The Bertz CT molecular complexity index is 520. The van der Waals surface area contributed by atoms with E-state index in [9.17, 15) is 9.90 Å². The third kappa shape index (κ3) is 2.47. The van der Waals surface area contributed by atoms with Crippen molar-refractivity contribution in [1.29, 1.82) is 0 Å². The molecule has 0 radical (unpaired) electrons. The molecule has 1 aliphatic heterocycles. The number of hydrogen-bond acceptors (Lipinski definition) is 5. The molecule has 1 saturated heterocycles. The van der Waals surface area contributed by atoms with Crippen LogP contribution in [0, 0.1) is 13.8 Å². The first kappa shape index (κ1) is 14.7. The summed E-state index contributed by atoms with van der Waals surface area (Å²) in [4.78, 5) is 15.9. The number of hydrogen-bond donors (Lipinski definition) is 1. The van der Waals surface area contributed by atoms with Crippen molar-refractivity contribution < 1.29 is 9.90 Å². The van der Waals surface area contributed by atoms with Crippen molar-refractivity contribution in [2.45, 2.75) is 39.8 Å². The van der Waals surface area contributed by atoms with E-state index in [0.29, 0.717) is 29.2 Å². The van der Waals surface area contributed by atoms with E-state index in [-0.39, 0.29) is 5.56 Å². The Morgan fingerprint density at radius 2 is 1.75 bits per heavy atom. The van der Waals surface area contributed by atoms with Crippen molar-refractivity contribution in [3.8, 4) is 0 Å². The van der Waals surface area contributed by atoms with Gasteiger partial charge in [0.15, 0.2) is 5.82 Å². The van der Waals surface area contributed by atoms with Gasteiger partial charge in [0, 0.05) is 25.2 Å². The van der Waals surface area contributed by atoms with Crippen molar-refractivity contribution in [1.82, 2.24) is 15.1 Å². The van der Waals surface area contributed by atoms with Gasteiger partial charge in [-0.1, -0.05) is 0 Å². The molecule has 1 fully saturated rings. The Morgan fingerprint density at radius 1 is 1.20 bits per heavy atom. The van der Waals surface area contributed by atoms with Gasteiger partial charge in [-0.05, 0) is 40.3 Å². The lowest BCUT2D eigenvalue weighted by molar-refractivity contribution is 0.0695. The Morgan fingerprint density at radius 3 is 2.25 bits per heavy atom. The van der Waals surface area contributed by atoms with Crippen LogP contribution in [0.2, 0.25) is 0 Å². The number of likely N-dealkylation sites (N-methyl/N-ethyl adjacent to an activating group) is 1. The molecule has 0 aromatic carbocycles. The number of aromatic carboxylic acids is 1. The number of aromatic nitrogens is 2. The molecule has 20 heavy (non-hydrogen) atoms. The topological polar surface area (TPSA) is 69.6 Å². The summed E-state index contributed by atoms with van der Waals surface area (Å²) in [5, 5.41) is 17.7. The highest BCUT2D eigenvalue weighted by Crippen LogP contribution is 2.25. The van der Waals surface area contributed by atoms with Gasteiger partial charge in [-0.25, -0.2) is 4.79 Å². The minimum Gasteiger partial charge on any atom is -0.478 e. The molecule has 2 heterocycles. The molecule has 0 saturated carbocycles. The van der Waals surface area contributed by atoms with Crippen LogP contribution in [0.15, 0.2) is 0 Å². The van der Waals surface area contributed by atoms with Gasteiger partial charge in [0.2, 0.25) is 0 Å². The molecule has 6 heteroatoms. The predicted octanol–water partition coefficient (Wildman–Crippen LogP) is 1.32. The van der Waals surface area contributed by atoms with Crippen molar-refractivity contribution >= 4 is 11.8 Å². The van der Waals surface area contributed by atoms with Crippen LogP contribution in [0.5, 0.6) is 0 Å². The maximum atomic E-state index is 11.6. The van der Waals surface area contributed by atoms with E-state index in [1.807, 2.05) is 4.90 Å². The van der Waals surface area contributed by atoms with Crippen LogP contribution in [0.3, 0.4) is 0 Å². The highest BCUT2D eigenvalue weighted by atomic mass is 16.4. The number of nitrogens with zero attached hydrogens (tertiary/aromatic N) is 4. The minimum atomic E-state index is -0.935. The van der Waals surface area contributed by atoms with Gasteiger partial charge >= 0.3 is 5.97 Å². The number of carboxylic acids is 1. The van der Waals surface area contributed by atoms with Crippen LogP contribution in [0.25, 0.3) is 0 Å².